The Bertz CT molecular complexity index is 990. The van der Waals surface area contributed by atoms with Crippen LogP contribution in [0.2, 0.25) is 0 Å². The van der Waals surface area contributed by atoms with Crippen LogP contribution in [-0.2, 0) is 21.0 Å². The highest BCUT2D eigenvalue weighted by Gasteiger charge is 2.35. The number of nitrogens with zero attached hydrogens (tertiary/aromatic N) is 1. The van der Waals surface area contributed by atoms with Gasteiger partial charge < -0.3 is 5.32 Å². The number of sulfonamides is 1. The zero-order valence-corrected chi connectivity index (χ0v) is 18.3. The maximum Gasteiger partial charge on any atom is 0.416 e. The molecule has 31 heavy (non-hydrogen) atoms. The lowest BCUT2D eigenvalue weighted by molar-refractivity contribution is -0.137. The average molecular weight is 473 g/mol. The quantitative estimate of drug-likeness (QED) is 0.488. The third-order valence-electron chi connectivity index (χ3n) is 5.04. The number of alkyl halides is 3. The third kappa shape index (κ3) is 6.24. The fourth-order valence-electron chi connectivity index (χ4n) is 3.34. The first-order valence-corrected chi connectivity index (χ1v) is 12.2. The van der Waals surface area contributed by atoms with E-state index in [0.29, 0.717) is 25.5 Å². The highest BCUT2D eigenvalue weighted by molar-refractivity contribution is 7.99. The molecule has 1 saturated heterocycles. The lowest BCUT2D eigenvalue weighted by Gasteiger charge is -2.30. The lowest BCUT2D eigenvalue weighted by atomic mass is 9.97. The summed E-state index contributed by atoms with van der Waals surface area (Å²) < 4.78 is 65.4. The van der Waals surface area contributed by atoms with Gasteiger partial charge in [-0.05, 0) is 43.2 Å². The van der Waals surface area contributed by atoms with Gasteiger partial charge in [0.2, 0.25) is 15.9 Å². The molecule has 0 unspecified atom stereocenters. The number of piperidine rings is 1. The fraction of sp³-hybridized carbons (Fsp3) is 0.381. The molecule has 0 spiro atoms. The van der Waals surface area contributed by atoms with Crippen molar-refractivity contribution in [3.05, 3.63) is 60.2 Å². The van der Waals surface area contributed by atoms with Crippen LogP contribution in [0.25, 0.3) is 0 Å². The Kier molecular flexibility index (Phi) is 7.66. The van der Waals surface area contributed by atoms with E-state index in [-0.39, 0.29) is 29.8 Å². The molecule has 0 bridgehead atoms. The Morgan fingerprint density at radius 3 is 2.39 bits per heavy atom. The molecule has 168 valence electrons. The summed E-state index contributed by atoms with van der Waals surface area (Å²) in [6, 6.07) is 13.6. The van der Waals surface area contributed by atoms with Crippen molar-refractivity contribution in [2.45, 2.75) is 28.8 Å². The summed E-state index contributed by atoms with van der Waals surface area (Å²) in [7, 11) is -4.05. The van der Waals surface area contributed by atoms with Crippen molar-refractivity contribution in [2.24, 2.45) is 5.92 Å². The summed E-state index contributed by atoms with van der Waals surface area (Å²) in [5.41, 5.74) is -1.00. The Hall–Kier alpha value is -2.04. The molecule has 5 nitrogen and oxygen atoms in total. The molecule has 1 heterocycles. The molecule has 0 saturated carbocycles. The standard InChI is InChI=1S/C21H23F3N2O3S2/c22-21(23,24)17-5-4-8-19(15-17)31(28,29)26-12-9-16(10-13-26)20(27)25-11-14-30-18-6-2-1-3-7-18/h1-8,15-16H,9-14H2,(H,25,27). The Morgan fingerprint density at radius 1 is 1.06 bits per heavy atom. The molecule has 10 heteroatoms. The fourth-order valence-corrected chi connectivity index (χ4v) is 5.65. The molecule has 2 aromatic carbocycles. The summed E-state index contributed by atoms with van der Waals surface area (Å²) in [5.74, 6) is 0.290. The summed E-state index contributed by atoms with van der Waals surface area (Å²) in [6.45, 7) is 0.687. The van der Waals surface area contributed by atoms with Crippen LogP contribution in [0.1, 0.15) is 18.4 Å². The summed E-state index contributed by atoms with van der Waals surface area (Å²) >= 11 is 1.63. The number of amides is 1. The van der Waals surface area contributed by atoms with Crippen LogP contribution in [0.4, 0.5) is 13.2 Å². The molecule has 1 N–H and O–H groups in total. The van der Waals surface area contributed by atoms with Gasteiger partial charge in [-0.15, -0.1) is 11.8 Å². The van der Waals surface area contributed by atoms with Gasteiger partial charge in [0, 0.05) is 36.2 Å². The minimum atomic E-state index is -4.62. The molecule has 3 rings (SSSR count). The SMILES string of the molecule is O=C(NCCSc1ccccc1)C1CCN(S(=O)(=O)c2cccc(C(F)(F)F)c2)CC1. The van der Waals surface area contributed by atoms with Crippen LogP contribution < -0.4 is 5.32 Å². The second-order valence-electron chi connectivity index (χ2n) is 7.16. The normalized spacial score (nSPS) is 16.2. The van der Waals surface area contributed by atoms with Crippen LogP contribution in [0.15, 0.2) is 64.4 Å². The molecule has 0 aromatic heterocycles. The molecule has 1 aliphatic heterocycles. The zero-order valence-electron chi connectivity index (χ0n) is 16.6. The van der Waals surface area contributed by atoms with Gasteiger partial charge in [-0.2, -0.15) is 17.5 Å². The topological polar surface area (TPSA) is 66.5 Å². The molecule has 2 aromatic rings. The Morgan fingerprint density at radius 2 is 1.74 bits per heavy atom. The van der Waals surface area contributed by atoms with Crippen LogP contribution >= 0.6 is 11.8 Å². The van der Waals surface area contributed by atoms with E-state index in [4.69, 9.17) is 0 Å². The zero-order chi connectivity index (χ0) is 22.5. The van der Waals surface area contributed by atoms with Crippen LogP contribution in [0, 0.1) is 5.92 Å². The molecule has 0 aliphatic carbocycles. The van der Waals surface area contributed by atoms with Gasteiger partial charge >= 0.3 is 6.18 Å². The van der Waals surface area contributed by atoms with E-state index in [1.807, 2.05) is 30.3 Å². The minimum Gasteiger partial charge on any atom is -0.355 e. The molecular weight excluding hydrogens is 449 g/mol. The van der Waals surface area contributed by atoms with E-state index in [0.717, 1.165) is 33.2 Å². The Labute approximate surface area is 184 Å². The van der Waals surface area contributed by atoms with Crippen LogP contribution in [-0.4, -0.2) is 44.0 Å². The third-order valence-corrected chi connectivity index (χ3v) is 7.95. The number of hydrogen-bond acceptors (Lipinski definition) is 4. The van der Waals surface area contributed by atoms with Crippen LogP contribution in [0.5, 0.6) is 0 Å². The number of carbonyl (C=O) groups is 1. The lowest BCUT2D eigenvalue weighted by Crippen LogP contribution is -2.43. The van der Waals surface area contributed by atoms with Gasteiger partial charge in [0.15, 0.2) is 0 Å². The number of nitrogens with one attached hydrogen (secondary N) is 1. The minimum absolute atomic E-state index is 0.0927. The molecule has 1 fully saturated rings. The number of benzene rings is 2. The molecule has 0 radical (unpaired) electrons. The highest BCUT2D eigenvalue weighted by atomic mass is 32.2. The van der Waals surface area contributed by atoms with E-state index in [1.54, 1.807) is 11.8 Å². The number of hydrogen-bond donors (Lipinski definition) is 1. The first-order chi connectivity index (χ1) is 14.7. The highest BCUT2D eigenvalue weighted by Crippen LogP contribution is 2.32. The maximum atomic E-state index is 12.9. The average Bonchev–Trinajstić information content (AvgIpc) is 2.77. The van der Waals surface area contributed by atoms with E-state index in [1.165, 1.54) is 0 Å². The summed E-state index contributed by atoms with van der Waals surface area (Å²) in [4.78, 5) is 13.1. The van der Waals surface area contributed by atoms with Gasteiger partial charge in [-0.3, -0.25) is 4.79 Å². The second-order valence-corrected chi connectivity index (χ2v) is 10.3. The van der Waals surface area contributed by atoms with Crippen LogP contribution in [0.3, 0.4) is 0 Å². The summed E-state index contributed by atoms with van der Waals surface area (Å²) in [5, 5.41) is 2.88. The number of carbonyl (C=O) groups excluding carboxylic acids is 1. The molecule has 0 atom stereocenters. The van der Waals surface area contributed by atoms with Gasteiger partial charge in [-0.1, -0.05) is 24.3 Å². The molecule has 1 aliphatic rings. The van der Waals surface area contributed by atoms with Crippen molar-refractivity contribution in [1.29, 1.82) is 0 Å². The van der Waals surface area contributed by atoms with E-state index in [2.05, 4.69) is 5.32 Å². The van der Waals surface area contributed by atoms with Gasteiger partial charge in [0.1, 0.15) is 0 Å². The first kappa shape index (κ1) is 23.6. The number of rotatable bonds is 7. The molecule has 1 amide bonds. The van der Waals surface area contributed by atoms with Crippen molar-refractivity contribution < 1.29 is 26.4 Å². The van der Waals surface area contributed by atoms with Gasteiger partial charge in [-0.25, -0.2) is 8.42 Å². The van der Waals surface area contributed by atoms with Crippen molar-refractivity contribution in [3.63, 3.8) is 0 Å². The maximum absolute atomic E-state index is 12.9. The number of halogens is 3. The smallest absolute Gasteiger partial charge is 0.355 e. The largest absolute Gasteiger partial charge is 0.416 e. The van der Waals surface area contributed by atoms with E-state index >= 15 is 0 Å². The predicted molar refractivity (Wildman–Crippen MR) is 113 cm³/mol. The summed E-state index contributed by atoms with van der Waals surface area (Å²) in [6.07, 6.45) is -3.96. The van der Waals surface area contributed by atoms with Crippen molar-refractivity contribution in [1.82, 2.24) is 9.62 Å². The number of thioether (sulfide) groups is 1. The predicted octanol–water partition coefficient (Wildman–Crippen LogP) is 4.01. The monoisotopic (exact) mass is 472 g/mol. The van der Waals surface area contributed by atoms with Crippen molar-refractivity contribution in [2.75, 3.05) is 25.4 Å². The van der Waals surface area contributed by atoms with Crippen molar-refractivity contribution in [3.8, 4) is 0 Å². The van der Waals surface area contributed by atoms with E-state index < -0.39 is 21.8 Å². The van der Waals surface area contributed by atoms with E-state index in [9.17, 15) is 26.4 Å². The van der Waals surface area contributed by atoms with Gasteiger partial charge in [0.05, 0.1) is 10.5 Å². The Balaban J connectivity index is 1.50. The second kappa shape index (κ2) is 10.1. The van der Waals surface area contributed by atoms with Gasteiger partial charge in [0.25, 0.3) is 0 Å². The molecular formula is C21H23F3N2O3S2. The first-order valence-electron chi connectivity index (χ1n) is 9.81. The van der Waals surface area contributed by atoms with Crippen molar-refractivity contribution >= 4 is 27.7 Å².